The van der Waals surface area contributed by atoms with Gasteiger partial charge in [-0.25, -0.2) is 9.90 Å². The normalized spacial score (nSPS) is 22.3. The fraction of sp³-hybridized carbons (Fsp3) is 0.857. The third-order valence-corrected chi connectivity index (χ3v) is 3.51. The fourth-order valence-electron chi connectivity index (χ4n) is 2.34. The Hall–Kier alpha value is -1.14. The number of ether oxygens (including phenoxy) is 1. The molecular weight excluding hydrogens is 262 g/mol. The van der Waals surface area contributed by atoms with Crippen LogP contribution in [0.15, 0.2) is 0 Å². The van der Waals surface area contributed by atoms with Gasteiger partial charge in [0.05, 0.1) is 12.0 Å². The lowest BCUT2D eigenvalue weighted by Gasteiger charge is -2.33. The van der Waals surface area contributed by atoms with Crippen LogP contribution in [-0.4, -0.2) is 41.5 Å². The van der Waals surface area contributed by atoms with E-state index in [9.17, 15) is 14.7 Å². The molecule has 0 aromatic heterocycles. The highest BCUT2D eigenvalue weighted by Crippen LogP contribution is 2.22. The summed E-state index contributed by atoms with van der Waals surface area (Å²) in [6.45, 7) is 6.22. The van der Waals surface area contributed by atoms with Crippen molar-refractivity contribution in [2.24, 2.45) is 11.8 Å². The second kappa shape index (κ2) is 8.21. The van der Waals surface area contributed by atoms with E-state index < -0.39 is 24.2 Å². The monoisotopic (exact) mass is 287 g/mol. The predicted octanol–water partition coefficient (Wildman–Crippen LogP) is 2.04. The molecule has 3 atom stereocenters. The molecule has 6 nitrogen and oxygen atoms in total. The van der Waals surface area contributed by atoms with E-state index in [2.05, 4.69) is 0 Å². The summed E-state index contributed by atoms with van der Waals surface area (Å²) in [5.74, 6) is -1.33. The fourth-order valence-corrected chi connectivity index (χ4v) is 2.34. The van der Waals surface area contributed by atoms with Crippen LogP contribution in [0.1, 0.15) is 46.5 Å². The van der Waals surface area contributed by atoms with Crippen LogP contribution in [0.4, 0.5) is 0 Å². The lowest BCUT2D eigenvalue weighted by molar-refractivity contribution is -0.288. The van der Waals surface area contributed by atoms with Gasteiger partial charge in [0.15, 0.2) is 6.29 Å². The summed E-state index contributed by atoms with van der Waals surface area (Å²) in [6, 6.07) is -0.530. The molecule has 1 saturated heterocycles. The average molecular weight is 287 g/mol. The van der Waals surface area contributed by atoms with E-state index in [1.807, 2.05) is 13.8 Å². The molecule has 0 aromatic rings. The maximum Gasteiger partial charge on any atom is 0.308 e. The molecule has 2 unspecified atom stereocenters. The van der Waals surface area contributed by atoms with Crippen molar-refractivity contribution < 1.29 is 24.3 Å². The minimum absolute atomic E-state index is 0.234. The molecule has 1 rings (SSSR count). The van der Waals surface area contributed by atoms with Gasteiger partial charge in [0.25, 0.3) is 0 Å². The van der Waals surface area contributed by atoms with Crippen LogP contribution in [0.3, 0.4) is 0 Å². The summed E-state index contributed by atoms with van der Waals surface area (Å²) < 4.78 is 5.41. The molecule has 0 radical (unpaired) electrons. The first-order chi connectivity index (χ1) is 9.45. The molecule has 1 N–H and O–H groups in total. The van der Waals surface area contributed by atoms with Gasteiger partial charge in [-0.05, 0) is 32.1 Å². The van der Waals surface area contributed by atoms with E-state index in [0.29, 0.717) is 19.4 Å². The quantitative estimate of drug-likeness (QED) is 0.546. The van der Waals surface area contributed by atoms with Crippen molar-refractivity contribution in [1.29, 1.82) is 0 Å². The smallest absolute Gasteiger partial charge is 0.308 e. The zero-order chi connectivity index (χ0) is 15.1. The SMILES string of the molecule is CC(C)CC(C(=O)O)[C@H](C)N(C=O)OC1CCCCO1. The number of aliphatic carboxylic acids is 1. The second-order valence-electron chi connectivity index (χ2n) is 5.68. The number of nitrogens with zero attached hydrogens (tertiary/aromatic N) is 1. The Labute approximate surface area is 120 Å². The van der Waals surface area contributed by atoms with Gasteiger partial charge in [0, 0.05) is 13.0 Å². The highest BCUT2D eigenvalue weighted by molar-refractivity contribution is 5.71. The minimum Gasteiger partial charge on any atom is -0.481 e. The largest absolute Gasteiger partial charge is 0.481 e. The summed E-state index contributed by atoms with van der Waals surface area (Å²) in [4.78, 5) is 28.0. The first-order valence-corrected chi connectivity index (χ1v) is 7.20. The van der Waals surface area contributed by atoms with Crippen molar-refractivity contribution >= 4 is 12.4 Å². The van der Waals surface area contributed by atoms with E-state index in [-0.39, 0.29) is 5.92 Å². The van der Waals surface area contributed by atoms with Gasteiger partial charge >= 0.3 is 5.97 Å². The Morgan fingerprint density at radius 3 is 2.60 bits per heavy atom. The van der Waals surface area contributed by atoms with Gasteiger partial charge in [0.2, 0.25) is 6.41 Å². The molecule has 0 aromatic carbocycles. The number of hydrogen-bond donors (Lipinski definition) is 1. The molecule has 0 spiro atoms. The molecule has 6 heteroatoms. The lowest BCUT2D eigenvalue weighted by Crippen LogP contribution is -2.44. The molecule has 20 heavy (non-hydrogen) atoms. The summed E-state index contributed by atoms with van der Waals surface area (Å²) in [5.41, 5.74) is 0. The van der Waals surface area contributed by atoms with Crippen molar-refractivity contribution in [1.82, 2.24) is 5.06 Å². The van der Waals surface area contributed by atoms with E-state index in [1.54, 1.807) is 6.92 Å². The maximum atomic E-state index is 11.4. The molecule has 1 aliphatic heterocycles. The molecule has 1 aliphatic rings. The molecule has 0 bridgehead atoms. The van der Waals surface area contributed by atoms with Crippen LogP contribution in [0.2, 0.25) is 0 Å². The Kier molecular flexibility index (Phi) is 6.95. The van der Waals surface area contributed by atoms with E-state index in [4.69, 9.17) is 9.57 Å². The van der Waals surface area contributed by atoms with Gasteiger partial charge in [-0.3, -0.25) is 9.59 Å². The molecule has 116 valence electrons. The summed E-state index contributed by atoms with van der Waals surface area (Å²) in [6.07, 6.45) is 3.28. The number of carbonyl (C=O) groups is 2. The molecule has 1 amide bonds. The van der Waals surface area contributed by atoms with Gasteiger partial charge in [0.1, 0.15) is 0 Å². The Balaban J connectivity index is 2.64. The summed E-state index contributed by atoms with van der Waals surface area (Å²) in [5, 5.41) is 10.4. The maximum absolute atomic E-state index is 11.4. The Bertz CT molecular complexity index is 315. The molecular formula is C14H25NO5. The van der Waals surface area contributed by atoms with Crippen molar-refractivity contribution in [3.05, 3.63) is 0 Å². The van der Waals surface area contributed by atoms with Crippen LogP contribution in [0, 0.1) is 11.8 Å². The van der Waals surface area contributed by atoms with Crippen LogP contribution in [0.25, 0.3) is 0 Å². The predicted molar refractivity (Wildman–Crippen MR) is 72.6 cm³/mol. The zero-order valence-corrected chi connectivity index (χ0v) is 12.4. The first-order valence-electron chi connectivity index (χ1n) is 7.20. The molecule has 0 aliphatic carbocycles. The van der Waals surface area contributed by atoms with E-state index in [1.165, 1.54) is 0 Å². The number of carboxylic acid groups (broad SMARTS) is 1. The standard InChI is InChI=1S/C14H25NO5/c1-10(2)8-12(14(17)18)11(3)15(9-16)20-13-6-4-5-7-19-13/h9-13H,4-8H2,1-3H3,(H,17,18)/t11-,12?,13?/m0/s1. The van der Waals surface area contributed by atoms with Gasteiger partial charge in [-0.15, -0.1) is 0 Å². The Morgan fingerprint density at radius 2 is 2.15 bits per heavy atom. The number of carbonyl (C=O) groups excluding carboxylic acids is 1. The van der Waals surface area contributed by atoms with Crippen LogP contribution >= 0.6 is 0 Å². The van der Waals surface area contributed by atoms with Crippen LogP contribution in [0.5, 0.6) is 0 Å². The van der Waals surface area contributed by atoms with E-state index >= 15 is 0 Å². The highest BCUT2D eigenvalue weighted by Gasteiger charge is 2.32. The number of hydrogen-bond acceptors (Lipinski definition) is 4. The second-order valence-corrected chi connectivity index (χ2v) is 5.68. The summed E-state index contributed by atoms with van der Waals surface area (Å²) in [7, 11) is 0. The number of hydroxylamine groups is 2. The first kappa shape index (κ1) is 16.9. The van der Waals surface area contributed by atoms with Crippen LogP contribution in [-0.2, 0) is 19.2 Å². The van der Waals surface area contributed by atoms with Crippen molar-refractivity contribution in [2.45, 2.75) is 58.8 Å². The molecule has 0 saturated carbocycles. The van der Waals surface area contributed by atoms with Crippen molar-refractivity contribution in [3.8, 4) is 0 Å². The zero-order valence-electron chi connectivity index (χ0n) is 12.4. The molecule has 1 fully saturated rings. The number of carboxylic acids is 1. The molecule has 1 heterocycles. The topological polar surface area (TPSA) is 76.1 Å². The third kappa shape index (κ3) is 5.09. The summed E-state index contributed by atoms with van der Waals surface area (Å²) >= 11 is 0. The highest BCUT2D eigenvalue weighted by atomic mass is 16.8. The Morgan fingerprint density at radius 1 is 1.45 bits per heavy atom. The number of amides is 1. The number of rotatable bonds is 8. The van der Waals surface area contributed by atoms with Gasteiger partial charge in [-0.2, -0.15) is 0 Å². The minimum atomic E-state index is -0.911. The van der Waals surface area contributed by atoms with Gasteiger partial charge < -0.3 is 9.84 Å². The van der Waals surface area contributed by atoms with Crippen molar-refractivity contribution in [3.63, 3.8) is 0 Å². The average Bonchev–Trinajstić information content (AvgIpc) is 2.42. The van der Waals surface area contributed by atoms with E-state index in [0.717, 1.165) is 24.3 Å². The third-order valence-electron chi connectivity index (χ3n) is 3.51. The lowest BCUT2D eigenvalue weighted by atomic mass is 9.91. The van der Waals surface area contributed by atoms with Gasteiger partial charge in [-0.1, -0.05) is 13.8 Å². The van der Waals surface area contributed by atoms with Crippen LogP contribution < -0.4 is 0 Å². The van der Waals surface area contributed by atoms with Crippen molar-refractivity contribution in [2.75, 3.05) is 6.61 Å².